The molecule has 194 valence electrons. The Morgan fingerprint density at radius 2 is 1.79 bits per heavy atom. The monoisotopic (exact) mass is 546 g/mol. The topological polar surface area (TPSA) is 101 Å². The third kappa shape index (κ3) is 5.92. The number of carbonyl (C=O) groups is 2. The van der Waals surface area contributed by atoms with Gasteiger partial charge in [-0.05, 0) is 48.0 Å². The third-order valence-corrected chi connectivity index (χ3v) is 8.72. The lowest BCUT2D eigenvalue weighted by Gasteiger charge is -2.20. The van der Waals surface area contributed by atoms with Crippen molar-refractivity contribution in [1.82, 2.24) is 8.87 Å². The minimum absolute atomic E-state index is 0.0987. The largest absolute Gasteiger partial charge is 0.326 e. The minimum Gasteiger partial charge on any atom is -0.326 e. The van der Waals surface area contributed by atoms with E-state index in [0.717, 1.165) is 15.8 Å². The highest BCUT2D eigenvalue weighted by atomic mass is 32.2. The number of thiazole rings is 1. The van der Waals surface area contributed by atoms with Crippen molar-refractivity contribution in [2.75, 3.05) is 11.9 Å². The number of nitrogens with one attached hydrogen (secondary N) is 1. The lowest BCUT2D eigenvalue weighted by molar-refractivity contribution is -0.114. The molecule has 4 aromatic rings. The van der Waals surface area contributed by atoms with Gasteiger partial charge in [-0.3, -0.25) is 9.59 Å². The van der Waals surface area contributed by atoms with Gasteiger partial charge >= 0.3 is 0 Å². The molecule has 0 aliphatic rings. The summed E-state index contributed by atoms with van der Waals surface area (Å²) in [5, 5.41) is 2.74. The molecule has 0 bridgehead atoms. The molecule has 38 heavy (non-hydrogen) atoms. The van der Waals surface area contributed by atoms with Crippen molar-refractivity contribution in [2.45, 2.75) is 31.8 Å². The molecule has 1 N–H and O–H groups in total. The molecule has 0 aliphatic heterocycles. The van der Waals surface area contributed by atoms with E-state index in [9.17, 15) is 18.0 Å². The molecular weight excluding hydrogens is 520 g/mol. The summed E-state index contributed by atoms with van der Waals surface area (Å²) < 4.78 is 30.4. The Balaban J connectivity index is 1.62. The number of benzene rings is 3. The summed E-state index contributed by atoms with van der Waals surface area (Å²) in [7, 11) is -3.76. The molecule has 0 unspecified atom stereocenters. The van der Waals surface area contributed by atoms with Crippen LogP contribution < -0.4 is 10.1 Å². The van der Waals surface area contributed by atoms with Gasteiger partial charge in [-0.15, -0.1) is 6.42 Å². The van der Waals surface area contributed by atoms with Crippen molar-refractivity contribution in [3.05, 3.63) is 88.7 Å². The first-order valence-electron chi connectivity index (χ1n) is 11.8. The Morgan fingerprint density at radius 1 is 1.08 bits per heavy atom. The molecule has 0 saturated carbocycles. The van der Waals surface area contributed by atoms with Crippen LogP contribution >= 0.6 is 11.3 Å². The van der Waals surface area contributed by atoms with Crippen LogP contribution in [0, 0.1) is 12.3 Å². The summed E-state index contributed by atoms with van der Waals surface area (Å²) in [6.45, 7) is 3.97. The molecule has 1 aromatic heterocycles. The van der Waals surface area contributed by atoms with E-state index < -0.39 is 15.9 Å². The van der Waals surface area contributed by atoms with Crippen LogP contribution in [-0.2, 0) is 27.9 Å². The number of hydrogen-bond acceptors (Lipinski definition) is 5. The molecule has 3 aromatic carbocycles. The predicted molar refractivity (Wildman–Crippen MR) is 149 cm³/mol. The molecule has 0 saturated heterocycles. The summed E-state index contributed by atoms with van der Waals surface area (Å²) in [5.74, 6) is 1.86. The average Bonchev–Trinajstić information content (AvgIpc) is 3.23. The van der Waals surface area contributed by atoms with Crippen molar-refractivity contribution < 1.29 is 18.0 Å². The zero-order valence-electron chi connectivity index (χ0n) is 20.9. The lowest BCUT2D eigenvalue weighted by Crippen LogP contribution is -2.30. The fourth-order valence-electron chi connectivity index (χ4n) is 3.91. The van der Waals surface area contributed by atoms with Crippen molar-refractivity contribution >= 4 is 49.1 Å². The Hall–Kier alpha value is -4.04. The molecular formula is C28H26N4O4S2. The van der Waals surface area contributed by atoms with E-state index in [-0.39, 0.29) is 29.5 Å². The molecule has 0 atom stereocenters. The lowest BCUT2D eigenvalue weighted by atomic mass is 10.2. The van der Waals surface area contributed by atoms with Gasteiger partial charge in [0.15, 0.2) is 4.80 Å². The van der Waals surface area contributed by atoms with E-state index in [2.05, 4.69) is 16.2 Å². The number of hydrogen-bond donors (Lipinski definition) is 1. The number of nitrogens with zero attached hydrogens (tertiary/aromatic N) is 3. The van der Waals surface area contributed by atoms with Crippen molar-refractivity contribution in [3.63, 3.8) is 0 Å². The van der Waals surface area contributed by atoms with E-state index in [1.807, 2.05) is 36.4 Å². The summed E-state index contributed by atoms with van der Waals surface area (Å²) in [5.41, 5.74) is 2.55. The second kappa shape index (κ2) is 11.6. The standard InChI is InChI=1S/C28H26N4O4S2/c1-4-17-32-25-16-13-23(29-20(3)33)18-26(25)37-28(32)30-27(34)22-11-14-24(15-12-22)38(35,36)31(5-2)19-21-9-7-6-8-10-21/h1,6-16,18H,5,17,19H2,2-3H3,(H,29,33). The number of amides is 2. The molecule has 8 nitrogen and oxygen atoms in total. The summed E-state index contributed by atoms with van der Waals surface area (Å²) in [6.07, 6.45) is 5.55. The first-order chi connectivity index (χ1) is 18.2. The summed E-state index contributed by atoms with van der Waals surface area (Å²) >= 11 is 1.27. The molecule has 4 rings (SSSR count). The van der Waals surface area contributed by atoms with Crippen LogP contribution in [0.1, 0.15) is 29.8 Å². The molecule has 0 fully saturated rings. The SMILES string of the molecule is C#CCn1c(=NC(=O)c2ccc(S(=O)(=O)N(CC)Cc3ccccc3)cc2)sc2cc(NC(C)=O)ccc21. The van der Waals surface area contributed by atoms with Gasteiger partial charge in [-0.25, -0.2) is 8.42 Å². The zero-order valence-corrected chi connectivity index (χ0v) is 22.6. The van der Waals surface area contributed by atoms with Crippen LogP contribution in [-0.4, -0.2) is 35.6 Å². The molecule has 0 aliphatic carbocycles. The van der Waals surface area contributed by atoms with Crippen LogP contribution in [0.25, 0.3) is 10.2 Å². The van der Waals surface area contributed by atoms with Gasteiger partial charge in [0, 0.05) is 31.3 Å². The van der Waals surface area contributed by atoms with Gasteiger partial charge in [0.2, 0.25) is 15.9 Å². The Labute approximate surface area is 225 Å². The highest BCUT2D eigenvalue weighted by Crippen LogP contribution is 2.23. The number of rotatable bonds is 8. The number of sulfonamides is 1. The fourth-order valence-corrected chi connectivity index (χ4v) is 6.41. The maximum atomic E-state index is 13.2. The first-order valence-corrected chi connectivity index (χ1v) is 14.1. The number of anilines is 1. The van der Waals surface area contributed by atoms with Crippen LogP contribution in [0.2, 0.25) is 0 Å². The maximum Gasteiger partial charge on any atom is 0.279 e. The Bertz CT molecular complexity index is 1700. The van der Waals surface area contributed by atoms with Crippen molar-refractivity contribution in [1.29, 1.82) is 0 Å². The second-order valence-corrected chi connectivity index (χ2v) is 11.3. The van der Waals surface area contributed by atoms with Gasteiger partial charge in [-0.2, -0.15) is 9.30 Å². The van der Waals surface area contributed by atoms with Crippen LogP contribution in [0.3, 0.4) is 0 Å². The van der Waals surface area contributed by atoms with Gasteiger partial charge in [0.25, 0.3) is 5.91 Å². The van der Waals surface area contributed by atoms with Gasteiger partial charge in [-0.1, -0.05) is 54.5 Å². The average molecular weight is 547 g/mol. The smallest absolute Gasteiger partial charge is 0.279 e. The van der Waals surface area contributed by atoms with E-state index in [0.29, 0.717) is 17.0 Å². The summed E-state index contributed by atoms with van der Waals surface area (Å²) in [6, 6.07) is 20.5. The molecule has 2 amide bonds. The maximum absolute atomic E-state index is 13.2. The van der Waals surface area contributed by atoms with Crippen LogP contribution in [0.4, 0.5) is 5.69 Å². The van der Waals surface area contributed by atoms with Crippen LogP contribution in [0.5, 0.6) is 0 Å². The van der Waals surface area contributed by atoms with E-state index in [1.54, 1.807) is 23.6 Å². The first kappa shape index (κ1) is 27.0. The third-order valence-electron chi connectivity index (χ3n) is 5.74. The molecule has 10 heteroatoms. The number of terminal acetylenes is 1. The van der Waals surface area contributed by atoms with E-state index >= 15 is 0 Å². The van der Waals surface area contributed by atoms with Crippen molar-refractivity contribution in [2.24, 2.45) is 4.99 Å². The number of aromatic nitrogens is 1. The van der Waals surface area contributed by atoms with Crippen LogP contribution in [0.15, 0.2) is 82.7 Å². The molecule has 1 heterocycles. The summed E-state index contributed by atoms with van der Waals surface area (Å²) in [4.78, 5) is 29.2. The van der Waals surface area contributed by atoms with Gasteiger partial charge < -0.3 is 9.88 Å². The number of carbonyl (C=O) groups excluding carboxylic acids is 2. The van der Waals surface area contributed by atoms with Gasteiger partial charge in [0.05, 0.1) is 21.7 Å². The zero-order chi connectivity index (χ0) is 27.3. The Morgan fingerprint density at radius 3 is 2.42 bits per heavy atom. The quantitative estimate of drug-likeness (QED) is 0.334. The molecule has 0 spiro atoms. The predicted octanol–water partition coefficient (Wildman–Crippen LogP) is 4.25. The van der Waals surface area contributed by atoms with E-state index in [4.69, 9.17) is 6.42 Å². The second-order valence-electron chi connectivity index (χ2n) is 8.40. The number of fused-ring (bicyclic) bond motifs is 1. The highest BCUT2D eigenvalue weighted by Gasteiger charge is 2.23. The van der Waals surface area contributed by atoms with Crippen molar-refractivity contribution in [3.8, 4) is 12.3 Å². The fraction of sp³-hybridized carbons (Fsp3) is 0.179. The van der Waals surface area contributed by atoms with Gasteiger partial charge in [0.1, 0.15) is 0 Å². The normalized spacial score (nSPS) is 12.0. The Kier molecular flexibility index (Phi) is 8.22. The molecule has 0 radical (unpaired) electrons. The van der Waals surface area contributed by atoms with E-state index in [1.165, 1.54) is 46.8 Å². The highest BCUT2D eigenvalue weighted by molar-refractivity contribution is 7.89. The minimum atomic E-state index is -3.76.